The Hall–Kier alpha value is -1.43. The van der Waals surface area contributed by atoms with Crippen molar-refractivity contribution in [3.63, 3.8) is 0 Å². The van der Waals surface area contributed by atoms with Gasteiger partial charge in [0.05, 0.1) is 18.8 Å². The Bertz CT molecular complexity index is 615. The third-order valence-electron chi connectivity index (χ3n) is 6.37. The maximum absolute atomic E-state index is 13.2. The lowest BCUT2D eigenvalue weighted by Crippen LogP contribution is -2.61. The lowest BCUT2D eigenvalue weighted by Gasteiger charge is -2.47. The molecular formula is C20H29N3O2. The fourth-order valence-corrected chi connectivity index (χ4v) is 4.60. The summed E-state index contributed by atoms with van der Waals surface area (Å²) in [7, 11) is 4.08. The first kappa shape index (κ1) is 17.0. The highest BCUT2D eigenvalue weighted by Crippen LogP contribution is 2.39. The van der Waals surface area contributed by atoms with E-state index in [4.69, 9.17) is 4.74 Å². The van der Waals surface area contributed by atoms with Gasteiger partial charge in [0.1, 0.15) is 5.54 Å². The fraction of sp³-hybridized carbons (Fsp3) is 0.650. The third kappa shape index (κ3) is 2.98. The molecular weight excluding hydrogens is 314 g/mol. The number of carbonyl (C=O) groups excluding carboxylic acids is 1. The van der Waals surface area contributed by atoms with Gasteiger partial charge in [0.25, 0.3) is 0 Å². The van der Waals surface area contributed by atoms with Crippen LogP contribution >= 0.6 is 0 Å². The van der Waals surface area contributed by atoms with Gasteiger partial charge in [-0.05, 0) is 38.9 Å². The molecule has 1 aromatic rings. The van der Waals surface area contributed by atoms with Crippen LogP contribution in [0.2, 0.25) is 0 Å². The van der Waals surface area contributed by atoms with Gasteiger partial charge in [-0.2, -0.15) is 0 Å². The minimum atomic E-state index is -0.266. The summed E-state index contributed by atoms with van der Waals surface area (Å²) < 4.78 is 6.03. The molecule has 4 rings (SSSR count). The topological polar surface area (TPSA) is 36.0 Å². The summed E-state index contributed by atoms with van der Waals surface area (Å²) in [5.74, 6) is 0.307. The van der Waals surface area contributed by atoms with E-state index >= 15 is 0 Å². The normalized spacial score (nSPS) is 28.7. The second-order valence-electron chi connectivity index (χ2n) is 7.92. The number of ether oxygens (including phenoxy) is 1. The van der Waals surface area contributed by atoms with Crippen LogP contribution in [-0.4, -0.2) is 78.6 Å². The van der Waals surface area contributed by atoms with Crippen molar-refractivity contribution in [2.45, 2.75) is 43.5 Å². The van der Waals surface area contributed by atoms with Crippen molar-refractivity contribution in [2.24, 2.45) is 0 Å². The van der Waals surface area contributed by atoms with E-state index in [1.165, 1.54) is 5.56 Å². The molecule has 0 aromatic heterocycles. The number of likely N-dealkylation sites (tertiary alicyclic amines) is 1. The third-order valence-corrected chi connectivity index (χ3v) is 6.37. The zero-order valence-electron chi connectivity index (χ0n) is 15.4. The van der Waals surface area contributed by atoms with Crippen molar-refractivity contribution < 1.29 is 9.53 Å². The summed E-state index contributed by atoms with van der Waals surface area (Å²) in [5.41, 5.74) is 1.06. The number of fused-ring (bicyclic) bond motifs is 1. The fourth-order valence-electron chi connectivity index (χ4n) is 4.60. The Labute approximate surface area is 150 Å². The summed E-state index contributed by atoms with van der Waals surface area (Å²) in [6, 6.07) is 10.9. The van der Waals surface area contributed by atoms with E-state index < -0.39 is 0 Å². The smallest absolute Gasteiger partial charge is 0.243 e. The van der Waals surface area contributed by atoms with Gasteiger partial charge in [0, 0.05) is 26.2 Å². The quantitative estimate of drug-likeness (QED) is 0.832. The molecule has 3 fully saturated rings. The maximum atomic E-state index is 13.2. The van der Waals surface area contributed by atoms with Crippen molar-refractivity contribution in [1.82, 2.24) is 14.7 Å². The van der Waals surface area contributed by atoms with Crippen molar-refractivity contribution in [1.29, 1.82) is 0 Å². The Kier molecular flexibility index (Phi) is 4.56. The molecule has 2 aliphatic heterocycles. The second-order valence-corrected chi connectivity index (χ2v) is 7.92. The zero-order chi connectivity index (χ0) is 17.4. The number of amides is 1. The SMILES string of the molecule is CN(C)C1(C(=O)N2C[C@@H]3OCCN(Cc4ccccc4)[C@@H]3C2)CCC1. The molecule has 5 nitrogen and oxygen atoms in total. The van der Waals surface area contributed by atoms with Crippen molar-refractivity contribution in [3.05, 3.63) is 35.9 Å². The first-order valence-corrected chi connectivity index (χ1v) is 9.46. The average molecular weight is 343 g/mol. The minimum absolute atomic E-state index is 0.153. The zero-order valence-corrected chi connectivity index (χ0v) is 15.4. The molecule has 136 valence electrons. The second kappa shape index (κ2) is 6.71. The lowest BCUT2D eigenvalue weighted by molar-refractivity contribution is -0.148. The highest BCUT2D eigenvalue weighted by molar-refractivity contribution is 5.87. The Balaban J connectivity index is 1.46. The molecule has 1 amide bonds. The van der Waals surface area contributed by atoms with Gasteiger partial charge in [-0.1, -0.05) is 30.3 Å². The molecule has 5 heteroatoms. The van der Waals surface area contributed by atoms with Gasteiger partial charge < -0.3 is 9.64 Å². The van der Waals surface area contributed by atoms with E-state index in [0.29, 0.717) is 11.9 Å². The van der Waals surface area contributed by atoms with Crippen LogP contribution in [0.15, 0.2) is 30.3 Å². The van der Waals surface area contributed by atoms with Crippen LogP contribution in [0.5, 0.6) is 0 Å². The van der Waals surface area contributed by atoms with E-state index in [1.54, 1.807) is 0 Å². The van der Waals surface area contributed by atoms with E-state index in [1.807, 2.05) is 14.1 Å². The molecule has 0 radical (unpaired) electrons. The molecule has 25 heavy (non-hydrogen) atoms. The summed E-state index contributed by atoms with van der Waals surface area (Å²) in [4.78, 5) is 19.9. The van der Waals surface area contributed by atoms with E-state index in [2.05, 4.69) is 45.0 Å². The Morgan fingerprint density at radius 3 is 2.64 bits per heavy atom. The van der Waals surface area contributed by atoms with Crippen molar-refractivity contribution in [2.75, 3.05) is 40.3 Å². The first-order chi connectivity index (χ1) is 12.1. The van der Waals surface area contributed by atoms with Crippen molar-refractivity contribution >= 4 is 5.91 Å². The molecule has 2 saturated heterocycles. The van der Waals surface area contributed by atoms with Crippen LogP contribution in [0.1, 0.15) is 24.8 Å². The molecule has 1 saturated carbocycles. The van der Waals surface area contributed by atoms with Gasteiger partial charge in [-0.3, -0.25) is 14.6 Å². The van der Waals surface area contributed by atoms with Crippen molar-refractivity contribution in [3.8, 4) is 0 Å². The van der Waals surface area contributed by atoms with Gasteiger partial charge in [-0.25, -0.2) is 0 Å². The highest BCUT2D eigenvalue weighted by Gasteiger charge is 2.51. The van der Waals surface area contributed by atoms with E-state index in [-0.39, 0.29) is 11.6 Å². The van der Waals surface area contributed by atoms with Crippen LogP contribution in [0, 0.1) is 0 Å². The van der Waals surface area contributed by atoms with Gasteiger partial charge in [0.2, 0.25) is 5.91 Å². The van der Waals surface area contributed by atoms with Crippen LogP contribution < -0.4 is 0 Å². The molecule has 0 bridgehead atoms. The molecule has 1 aromatic carbocycles. The summed E-state index contributed by atoms with van der Waals surface area (Å²) >= 11 is 0. The van der Waals surface area contributed by atoms with E-state index in [0.717, 1.165) is 52.0 Å². The molecule has 1 aliphatic carbocycles. The molecule has 0 N–H and O–H groups in total. The standard InChI is InChI=1S/C20H29N3O2/c1-21(2)20(9-6-10-20)19(24)23-14-17-18(15-23)25-12-11-22(17)13-16-7-4-3-5-8-16/h3-5,7-8,17-18H,6,9-15H2,1-2H3/t17-,18+/m1/s1. The number of hydrogen-bond donors (Lipinski definition) is 0. The predicted octanol–water partition coefficient (Wildman–Crippen LogP) is 1.58. The number of rotatable bonds is 4. The van der Waals surface area contributed by atoms with Crippen LogP contribution in [0.3, 0.4) is 0 Å². The Morgan fingerprint density at radius 2 is 2.00 bits per heavy atom. The number of nitrogens with zero attached hydrogens (tertiary/aromatic N) is 3. The molecule has 2 atom stereocenters. The maximum Gasteiger partial charge on any atom is 0.243 e. The Morgan fingerprint density at radius 1 is 1.24 bits per heavy atom. The van der Waals surface area contributed by atoms with Crippen LogP contribution in [-0.2, 0) is 16.1 Å². The lowest BCUT2D eigenvalue weighted by atomic mass is 9.74. The van der Waals surface area contributed by atoms with Gasteiger partial charge in [0.15, 0.2) is 0 Å². The predicted molar refractivity (Wildman–Crippen MR) is 97.2 cm³/mol. The van der Waals surface area contributed by atoms with Gasteiger partial charge >= 0.3 is 0 Å². The van der Waals surface area contributed by atoms with Crippen LogP contribution in [0.25, 0.3) is 0 Å². The minimum Gasteiger partial charge on any atom is -0.373 e. The molecule has 3 aliphatic rings. The first-order valence-electron chi connectivity index (χ1n) is 9.46. The highest BCUT2D eigenvalue weighted by atomic mass is 16.5. The summed E-state index contributed by atoms with van der Waals surface area (Å²) in [6.07, 6.45) is 3.28. The number of hydrogen-bond acceptors (Lipinski definition) is 4. The molecule has 0 unspecified atom stereocenters. The number of morpholine rings is 1. The summed E-state index contributed by atoms with van der Waals surface area (Å²) in [5, 5.41) is 0. The number of carbonyl (C=O) groups is 1. The largest absolute Gasteiger partial charge is 0.373 e. The number of benzene rings is 1. The van der Waals surface area contributed by atoms with E-state index in [9.17, 15) is 4.79 Å². The molecule has 2 heterocycles. The number of likely N-dealkylation sites (N-methyl/N-ethyl adjacent to an activating group) is 1. The summed E-state index contributed by atoms with van der Waals surface area (Å²) in [6.45, 7) is 4.17. The van der Waals surface area contributed by atoms with Crippen LogP contribution in [0.4, 0.5) is 0 Å². The monoisotopic (exact) mass is 343 g/mol. The molecule has 0 spiro atoms. The van der Waals surface area contributed by atoms with Gasteiger partial charge in [-0.15, -0.1) is 0 Å². The average Bonchev–Trinajstić information content (AvgIpc) is 2.99.